The van der Waals surface area contributed by atoms with Crippen LogP contribution >= 0.6 is 0 Å². The number of carbonyl (C=O) groups excluding carboxylic acids is 2. The molecule has 1 aliphatic rings. The standard InChI is InChI=1S/C24H27FN4O2/c1-3-11-29(12-4-2)24(31)18-13-16-5-6-17(14-21(16)28-22(26)15-18)23(30)27-20-9-7-19(25)8-10-20/h5-10,13-14H,3-4,11-12,15H2,1-2H3,(H2,26,28)(H,27,30). The Balaban J connectivity index is 1.86. The first kappa shape index (κ1) is 22.2. The smallest absolute Gasteiger partial charge is 0.255 e. The molecule has 0 aromatic heterocycles. The second kappa shape index (κ2) is 10.0. The van der Waals surface area contributed by atoms with Gasteiger partial charge in [-0.25, -0.2) is 9.38 Å². The zero-order valence-corrected chi connectivity index (χ0v) is 17.8. The van der Waals surface area contributed by atoms with Crippen LogP contribution in [0.5, 0.6) is 0 Å². The second-order valence-electron chi connectivity index (χ2n) is 7.48. The first-order chi connectivity index (χ1) is 14.9. The number of aliphatic imine (C=N–C) groups is 1. The maximum Gasteiger partial charge on any atom is 0.255 e. The first-order valence-corrected chi connectivity index (χ1v) is 10.4. The van der Waals surface area contributed by atoms with E-state index in [0.29, 0.717) is 41.4 Å². The van der Waals surface area contributed by atoms with Crippen molar-refractivity contribution in [3.8, 4) is 0 Å². The number of fused-ring (bicyclic) bond motifs is 1. The van der Waals surface area contributed by atoms with Gasteiger partial charge in [0.1, 0.15) is 11.7 Å². The van der Waals surface area contributed by atoms with Gasteiger partial charge in [0.25, 0.3) is 5.91 Å². The highest BCUT2D eigenvalue weighted by Gasteiger charge is 2.21. The highest BCUT2D eigenvalue weighted by atomic mass is 19.1. The predicted molar refractivity (Wildman–Crippen MR) is 122 cm³/mol. The van der Waals surface area contributed by atoms with E-state index in [4.69, 9.17) is 5.73 Å². The number of amides is 2. The van der Waals surface area contributed by atoms with E-state index >= 15 is 0 Å². The molecule has 162 valence electrons. The number of anilines is 1. The van der Waals surface area contributed by atoms with Gasteiger partial charge in [0.15, 0.2) is 0 Å². The molecule has 3 rings (SSSR count). The van der Waals surface area contributed by atoms with Gasteiger partial charge in [0.05, 0.1) is 5.69 Å². The molecule has 3 N–H and O–H groups in total. The van der Waals surface area contributed by atoms with Crippen molar-refractivity contribution in [3.63, 3.8) is 0 Å². The number of hydrogen-bond donors (Lipinski definition) is 2. The van der Waals surface area contributed by atoms with E-state index in [1.807, 2.05) is 18.7 Å². The Hall–Kier alpha value is -3.48. The lowest BCUT2D eigenvalue weighted by Crippen LogP contribution is -2.34. The lowest BCUT2D eigenvalue weighted by atomic mass is 10.0. The summed E-state index contributed by atoms with van der Waals surface area (Å²) in [7, 11) is 0. The van der Waals surface area contributed by atoms with E-state index < -0.39 is 0 Å². The van der Waals surface area contributed by atoms with Gasteiger partial charge in [0.2, 0.25) is 5.91 Å². The SMILES string of the molecule is CCCN(CCC)C(=O)C1=Cc2ccc(C(=O)Nc3ccc(F)cc3)cc2N=C(N)C1. The van der Waals surface area contributed by atoms with Crippen LogP contribution in [0.3, 0.4) is 0 Å². The van der Waals surface area contributed by atoms with E-state index in [1.54, 1.807) is 24.3 Å². The number of rotatable bonds is 7. The summed E-state index contributed by atoms with van der Waals surface area (Å²) in [5.74, 6) is -0.429. The average Bonchev–Trinajstić information content (AvgIpc) is 2.92. The summed E-state index contributed by atoms with van der Waals surface area (Å²) in [6.07, 6.45) is 3.83. The fourth-order valence-corrected chi connectivity index (χ4v) is 3.46. The van der Waals surface area contributed by atoms with Crippen LogP contribution in [0.1, 0.15) is 49.0 Å². The minimum absolute atomic E-state index is 0.0344. The summed E-state index contributed by atoms with van der Waals surface area (Å²) in [5.41, 5.74) is 8.82. The monoisotopic (exact) mass is 422 g/mol. The van der Waals surface area contributed by atoms with Crippen LogP contribution in [0.25, 0.3) is 6.08 Å². The molecule has 1 heterocycles. The summed E-state index contributed by atoms with van der Waals surface area (Å²) in [6, 6.07) is 10.6. The van der Waals surface area contributed by atoms with E-state index in [9.17, 15) is 14.0 Å². The van der Waals surface area contributed by atoms with Gasteiger partial charge >= 0.3 is 0 Å². The van der Waals surface area contributed by atoms with Crippen LogP contribution in [0.4, 0.5) is 15.8 Å². The van der Waals surface area contributed by atoms with Gasteiger partial charge in [-0.2, -0.15) is 0 Å². The lowest BCUT2D eigenvalue weighted by Gasteiger charge is -2.22. The molecule has 0 radical (unpaired) electrons. The van der Waals surface area contributed by atoms with Crippen molar-refractivity contribution in [1.82, 2.24) is 4.90 Å². The molecule has 1 aliphatic heterocycles. The maximum atomic E-state index is 13.1. The molecule has 0 fully saturated rings. The third kappa shape index (κ3) is 5.57. The van der Waals surface area contributed by atoms with Gasteiger partial charge in [0, 0.05) is 41.9 Å². The summed E-state index contributed by atoms with van der Waals surface area (Å²) >= 11 is 0. The third-order valence-electron chi connectivity index (χ3n) is 4.91. The van der Waals surface area contributed by atoms with Gasteiger partial charge in [-0.1, -0.05) is 19.9 Å². The minimum atomic E-state index is -0.374. The highest BCUT2D eigenvalue weighted by molar-refractivity contribution is 6.07. The molecule has 2 amide bonds. The number of nitrogens with two attached hydrogens (primary N) is 1. The molecule has 0 aliphatic carbocycles. The summed E-state index contributed by atoms with van der Waals surface area (Å²) in [5, 5.41) is 2.73. The van der Waals surface area contributed by atoms with Crippen LogP contribution in [0.2, 0.25) is 0 Å². The topological polar surface area (TPSA) is 87.8 Å². The molecule has 0 saturated heterocycles. The molecule has 0 spiro atoms. The largest absolute Gasteiger partial charge is 0.387 e. The van der Waals surface area contributed by atoms with E-state index in [-0.39, 0.29) is 24.1 Å². The van der Waals surface area contributed by atoms with Crippen LogP contribution in [-0.2, 0) is 4.79 Å². The third-order valence-corrected chi connectivity index (χ3v) is 4.91. The van der Waals surface area contributed by atoms with Gasteiger partial charge < -0.3 is 16.0 Å². The second-order valence-corrected chi connectivity index (χ2v) is 7.48. The summed E-state index contributed by atoms with van der Waals surface area (Å²) in [6.45, 7) is 5.47. The molecular formula is C24H27FN4O2. The molecule has 0 bridgehead atoms. The quantitative estimate of drug-likeness (QED) is 0.688. The van der Waals surface area contributed by atoms with Gasteiger partial charge in [-0.15, -0.1) is 0 Å². The molecule has 2 aromatic carbocycles. The lowest BCUT2D eigenvalue weighted by molar-refractivity contribution is -0.127. The van der Waals surface area contributed by atoms with Crippen molar-refractivity contribution in [2.24, 2.45) is 10.7 Å². The maximum absolute atomic E-state index is 13.1. The molecule has 0 atom stereocenters. The Bertz CT molecular complexity index is 1020. The van der Waals surface area contributed by atoms with Crippen LogP contribution in [-0.4, -0.2) is 35.6 Å². The van der Waals surface area contributed by atoms with Crippen molar-refractivity contribution in [3.05, 3.63) is 65.0 Å². The Morgan fingerprint density at radius 3 is 2.42 bits per heavy atom. The van der Waals surface area contributed by atoms with Gasteiger partial charge in [-0.05, 0) is 55.3 Å². The van der Waals surface area contributed by atoms with Crippen LogP contribution in [0.15, 0.2) is 53.0 Å². The normalized spacial score (nSPS) is 12.9. The molecular weight excluding hydrogens is 395 g/mol. The number of nitrogens with zero attached hydrogens (tertiary/aromatic N) is 2. The Morgan fingerprint density at radius 1 is 1.10 bits per heavy atom. The Morgan fingerprint density at radius 2 is 1.77 bits per heavy atom. The predicted octanol–water partition coefficient (Wildman–Crippen LogP) is 4.50. The molecule has 2 aromatic rings. The van der Waals surface area contributed by atoms with E-state index in [0.717, 1.165) is 18.4 Å². The van der Waals surface area contributed by atoms with Crippen LogP contribution < -0.4 is 11.1 Å². The molecule has 0 unspecified atom stereocenters. The number of benzene rings is 2. The molecule has 7 heteroatoms. The van der Waals surface area contributed by atoms with E-state index in [1.165, 1.54) is 24.3 Å². The highest BCUT2D eigenvalue weighted by Crippen LogP contribution is 2.29. The number of hydrogen-bond acceptors (Lipinski definition) is 4. The number of carbonyl (C=O) groups is 2. The average molecular weight is 423 g/mol. The molecule has 31 heavy (non-hydrogen) atoms. The zero-order chi connectivity index (χ0) is 22.4. The number of nitrogens with one attached hydrogen (secondary N) is 1. The minimum Gasteiger partial charge on any atom is -0.387 e. The summed E-state index contributed by atoms with van der Waals surface area (Å²) < 4.78 is 13.1. The fourth-order valence-electron chi connectivity index (χ4n) is 3.46. The zero-order valence-electron chi connectivity index (χ0n) is 17.8. The Kier molecular flexibility index (Phi) is 7.18. The number of amidine groups is 1. The van der Waals surface area contributed by atoms with Crippen molar-refractivity contribution in [2.75, 3.05) is 18.4 Å². The van der Waals surface area contributed by atoms with E-state index in [2.05, 4.69) is 10.3 Å². The van der Waals surface area contributed by atoms with Gasteiger partial charge in [-0.3, -0.25) is 9.59 Å². The molecule has 0 saturated carbocycles. The van der Waals surface area contributed by atoms with Crippen molar-refractivity contribution < 1.29 is 14.0 Å². The number of halogens is 1. The van der Waals surface area contributed by atoms with Crippen molar-refractivity contribution in [2.45, 2.75) is 33.1 Å². The van der Waals surface area contributed by atoms with Crippen molar-refractivity contribution in [1.29, 1.82) is 0 Å². The van der Waals surface area contributed by atoms with Crippen LogP contribution in [0, 0.1) is 5.82 Å². The summed E-state index contributed by atoms with van der Waals surface area (Å²) in [4.78, 5) is 31.9. The van der Waals surface area contributed by atoms with Crippen molar-refractivity contribution >= 4 is 35.1 Å². The first-order valence-electron chi connectivity index (χ1n) is 10.4. The fraction of sp³-hybridized carbons (Fsp3) is 0.292. The Labute approximate surface area is 181 Å². The molecule has 6 nitrogen and oxygen atoms in total.